The van der Waals surface area contributed by atoms with Crippen molar-refractivity contribution < 1.29 is 9.59 Å². The van der Waals surface area contributed by atoms with Crippen LogP contribution in [0.3, 0.4) is 0 Å². The van der Waals surface area contributed by atoms with E-state index in [1.807, 2.05) is 29.2 Å². The Balaban J connectivity index is 1.41. The molecule has 2 fully saturated rings. The van der Waals surface area contributed by atoms with Gasteiger partial charge < -0.3 is 10.2 Å². The van der Waals surface area contributed by atoms with Gasteiger partial charge in [-0.15, -0.1) is 0 Å². The molecule has 0 unspecified atom stereocenters. The number of hydrogen-bond acceptors (Lipinski definition) is 3. The lowest BCUT2D eigenvalue weighted by Gasteiger charge is -2.29. The maximum Gasteiger partial charge on any atom is 0.250 e. The molecular weight excluding hydrogens is 348 g/mol. The molecule has 1 N–H and O–H groups in total. The lowest BCUT2D eigenvalue weighted by Crippen LogP contribution is -2.48. The van der Waals surface area contributed by atoms with Gasteiger partial charge in [0.1, 0.15) is 5.78 Å². The zero-order valence-electron chi connectivity index (χ0n) is 16.7. The maximum atomic E-state index is 12.8. The Morgan fingerprint density at radius 1 is 1.14 bits per heavy atom. The van der Waals surface area contributed by atoms with Crippen molar-refractivity contribution in [2.24, 2.45) is 11.8 Å². The number of ketones is 1. The van der Waals surface area contributed by atoms with Gasteiger partial charge in [0.25, 0.3) is 5.91 Å². The highest BCUT2D eigenvalue weighted by atomic mass is 16.2. The number of benzene rings is 1. The van der Waals surface area contributed by atoms with E-state index >= 15 is 0 Å². The van der Waals surface area contributed by atoms with Crippen LogP contribution in [0.2, 0.25) is 0 Å². The lowest BCUT2D eigenvalue weighted by atomic mass is 9.80. The van der Waals surface area contributed by atoms with Crippen LogP contribution in [0.5, 0.6) is 0 Å². The van der Waals surface area contributed by atoms with E-state index in [1.54, 1.807) is 6.08 Å². The number of carbonyl (C=O) groups excluding carboxylic acids is 2. The van der Waals surface area contributed by atoms with E-state index in [9.17, 15) is 9.59 Å². The molecule has 2 aliphatic heterocycles. The van der Waals surface area contributed by atoms with Gasteiger partial charge in [-0.05, 0) is 55.3 Å². The predicted octanol–water partition coefficient (Wildman–Crippen LogP) is 4.04. The van der Waals surface area contributed by atoms with E-state index in [-0.39, 0.29) is 17.9 Å². The van der Waals surface area contributed by atoms with Crippen molar-refractivity contribution in [3.8, 4) is 0 Å². The highest BCUT2D eigenvalue weighted by Crippen LogP contribution is 2.32. The fourth-order valence-corrected chi connectivity index (χ4v) is 4.92. The number of rotatable bonds is 7. The van der Waals surface area contributed by atoms with Crippen LogP contribution in [0.15, 0.2) is 36.4 Å². The van der Waals surface area contributed by atoms with Crippen LogP contribution in [0, 0.1) is 11.8 Å². The molecular formula is C24H32N2O2. The summed E-state index contributed by atoms with van der Waals surface area (Å²) in [6.45, 7) is 1.70. The zero-order valence-corrected chi connectivity index (χ0v) is 16.7. The summed E-state index contributed by atoms with van der Waals surface area (Å²) >= 11 is 0. The Morgan fingerprint density at radius 2 is 1.93 bits per heavy atom. The molecule has 150 valence electrons. The molecule has 1 saturated heterocycles. The van der Waals surface area contributed by atoms with Gasteiger partial charge in [0.15, 0.2) is 0 Å². The second kappa shape index (κ2) is 9.04. The summed E-state index contributed by atoms with van der Waals surface area (Å²) in [6.07, 6.45) is 13.8. The minimum Gasteiger partial charge on any atom is -0.308 e. The first kappa shape index (κ1) is 19.4. The van der Waals surface area contributed by atoms with E-state index in [4.69, 9.17) is 0 Å². The summed E-state index contributed by atoms with van der Waals surface area (Å²) in [5, 5.41) is 3.23. The third-order valence-corrected chi connectivity index (χ3v) is 6.70. The standard InChI is InChI=1S/C24H32N2O2/c27-23(21-12-14-25-21)17-19(16-18-6-2-1-3-7-18)10-11-24(28)26-15-13-20-8-4-5-9-22(20)26/h4-5,8-11,18-19,21,25H,1-3,6-7,12-17H2/b11-10+/t19-,21+/m1/s1. The maximum absolute atomic E-state index is 12.8. The van der Waals surface area contributed by atoms with Crippen molar-refractivity contribution in [1.29, 1.82) is 0 Å². The van der Waals surface area contributed by atoms with Gasteiger partial charge in [0, 0.05) is 18.7 Å². The molecule has 2 heterocycles. The smallest absolute Gasteiger partial charge is 0.250 e. The molecule has 1 aliphatic carbocycles. The summed E-state index contributed by atoms with van der Waals surface area (Å²) in [5.74, 6) is 1.25. The first-order valence-corrected chi connectivity index (χ1v) is 11.0. The summed E-state index contributed by atoms with van der Waals surface area (Å²) in [6, 6.07) is 8.19. The molecule has 0 bridgehead atoms. The number of anilines is 1. The van der Waals surface area contributed by atoms with E-state index in [1.165, 1.54) is 37.7 Å². The number of amides is 1. The van der Waals surface area contributed by atoms with Crippen LogP contribution < -0.4 is 10.2 Å². The van der Waals surface area contributed by atoms with Gasteiger partial charge in [0.2, 0.25) is 0 Å². The first-order chi connectivity index (χ1) is 13.7. The second-order valence-electron chi connectivity index (χ2n) is 8.69. The van der Waals surface area contributed by atoms with Crippen molar-refractivity contribution in [1.82, 2.24) is 5.32 Å². The Morgan fingerprint density at radius 3 is 2.68 bits per heavy atom. The average Bonchev–Trinajstić information content (AvgIpc) is 3.09. The molecule has 4 nitrogen and oxygen atoms in total. The fourth-order valence-electron chi connectivity index (χ4n) is 4.92. The van der Waals surface area contributed by atoms with Gasteiger partial charge in [-0.25, -0.2) is 0 Å². The lowest BCUT2D eigenvalue weighted by molar-refractivity contribution is -0.123. The summed E-state index contributed by atoms with van der Waals surface area (Å²) in [5.41, 5.74) is 2.28. The van der Waals surface area contributed by atoms with E-state index in [0.717, 1.165) is 38.0 Å². The van der Waals surface area contributed by atoms with Gasteiger partial charge in [-0.2, -0.15) is 0 Å². The van der Waals surface area contributed by atoms with Crippen molar-refractivity contribution in [3.63, 3.8) is 0 Å². The van der Waals surface area contributed by atoms with Crippen LogP contribution in [-0.2, 0) is 16.0 Å². The summed E-state index contributed by atoms with van der Waals surface area (Å²) in [7, 11) is 0. The summed E-state index contributed by atoms with van der Waals surface area (Å²) < 4.78 is 0. The highest BCUT2D eigenvalue weighted by Gasteiger charge is 2.28. The van der Waals surface area contributed by atoms with Crippen molar-refractivity contribution in [3.05, 3.63) is 42.0 Å². The zero-order chi connectivity index (χ0) is 19.3. The van der Waals surface area contributed by atoms with Gasteiger partial charge >= 0.3 is 0 Å². The van der Waals surface area contributed by atoms with E-state index < -0.39 is 0 Å². The average molecular weight is 381 g/mol. The number of para-hydroxylation sites is 1. The minimum absolute atomic E-state index is 0.0448. The topological polar surface area (TPSA) is 49.4 Å². The van der Waals surface area contributed by atoms with Crippen LogP contribution in [0.25, 0.3) is 0 Å². The predicted molar refractivity (Wildman–Crippen MR) is 112 cm³/mol. The van der Waals surface area contributed by atoms with Crippen LogP contribution in [-0.4, -0.2) is 30.8 Å². The van der Waals surface area contributed by atoms with Crippen LogP contribution in [0.1, 0.15) is 56.9 Å². The number of hydrogen-bond donors (Lipinski definition) is 1. The van der Waals surface area contributed by atoms with Crippen molar-refractivity contribution in [2.75, 3.05) is 18.0 Å². The third kappa shape index (κ3) is 4.54. The fraction of sp³-hybridized carbons (Fsp3) is 0.583. The van der Waals surface area contributed by atoms with E-state index in [0.29, 0.717) is 18.1 Å². The van der Waals surface area contributed by atoms with Gasteiger partial charge in [-0.3, -0.25) is 9.59 Å². The molecule has 4 heteroatoms. The normalized spacial score (nSPS) is 23.4. The quantitative estimate of drug-likeness (QED) is 0.726. The van der Waals surface area contributed by atoms with Crippen molar-refractivity contribution in [2.45, 2.75) is 63.8 Å². The molecule has 2 atom stereocenters. The number of Topliss-reactive ketones (excluding diaryl/α,β-unsaturated/α-hetero) is 1. The SMILES string of the molecule is O=C(C[C@H](/C=C/C(=O)N1CCc2ccccc21)CC1CCCCC1)[C@@H]1CCN1. The van der Waals surface area contributed by atoms with Crippen LogP contribution >= 0.6 is 0 Å². The Kier molecular flexibility index (Phi) is 6.26. The molecule has 3 aliphatic rings. The monoisotopic (exact) mass is 380 g/mol. The number of fused-ring (bicyclic) bond motifs is 1. The largest absolute Gasteiger partial charge is 0.308 e. The third-order valence-electron chi connectivity index (χ3n) is 6.70. The van der Waals surface area contributed by atoms with Gasteiger partial charge in [0.05, 0.1) is 6.04 Å². The van der Waals surface area contributed by atoms with Crippen LogP contribution in [0.4, 0.5) is 5.69 Å². The number of nitrogens with zero attached hydrogens (tertiary/aromatic N) is 1. The molecule has 0 aromatic heterocycles. The Hall–Kier alpha value is -1.94. The molecule has 1 amide bonds. The Bertz CT molecular complexity index is 732. The molecule has 1 aromatic rings. The molecule has 0 radical (unpaired) electrons. The number of carbonyl (C=O) groups is 2. The molecule has 1 saturated carbocycles. The molecule has 0 spiro atoms. The second-order valence-corrected chi connectivity index (χ2v) is 8.69. The number of nitrogens with one attached hydrogen (secondary N) is 1. The molecule has 4 rings (SSSR count). The number of allylic oxidation sites excluding steroid dienone is 1. The molecule has 1 aromatic carbocycles. The van der Waals surface area contributed by atoms with Crippen molar-refractivity contribution >= 4 is 17.4 Å². The Labute approximate surface area is 168 Å². The first-order valence-electron chi connectivity index (χ1n) is 11.0. The van der Waals surface area contributed by atoms with Gasteiger partial charge in [-0.1, -0.05) is 56.4 Å². The highest BCUT2D eigenvalue weighted by molar-refractivity contribution is 6.02. The molecule has 28 heavy (non-hydrogen) atoms. The minimum atomic E-state index is 0.0448. The summed E-state index contributed by atoms with van der Waals surface area (Å²) in [4.78, 5) is 27.3. The van der Waals surface area contributed by atoms with E-state index in [2.05, 4.69) is 11.4 Å².